The molecule has 0 aliphatic heterocycles. The van der Waals surface area contributed by atoms with Gasteiger partial charge in [-0.3, -0.25) is 9.78 Å². The Kier molecular flexibility index (Phi) is 5.18. The van der Waals surface area contributed by atoms with Crippen molar-refractivity contribution in [2.75, 3.05) is 12.8 Å². The molecule has 3 nitrogen and oxygen atoms in total. The van der Waals surface area contributed by atoms with Crippen LogP contribution in [0.25, 0.3) is 0 Å². The third-order valence-corrected chi connectivity index (χ3v) is 3.95. The molecule has 0 spiro atoms. The lowest BCUT2D eigenvalue weighted by atomic mass is 10.2. The van der Waals surface area contributed by atoms with Gasteiger partial charge in [-0.05, 0) is 30.7 Å². The third-order valence-electron chi connectivity index (χ3n) is 2.95. The van der Waals surface area contributed by atoms with Crippen LogP contribution in [0.3, 0.4) is 0 Å². The van der Waals surface area contributed by atoms with Crippen molar-refractivity contribution in [1.29, 1.82) is 0 Å². The molecule has 0 saturated carbocycles. The first kappa shape index (κ1) is 14.6. The Hall–Kier alpha value is -1.81. The Morgan fingerprint density at radius 3 is 2.65 bits per heavy atom. The zero-order valence-electron chi connectivity index (χ0n) is 11.7. The van der Waals surface area contributed by atoms with Gasteiger partial charge in [0, 0.05) is 30.9 Å². The fourth-order valence-electron chi connectivity index (χ4n) is 1.74. The topological polar surface area (TPSA) is 33.2 Å². The van der Waals surface area contributed by atoms with E-state index in [1.165, 1.54) is 5.56 Å². The zero-order valence-corrected chi connectivity index (χ0v) is 12.6. The minimum Gasteiger partial charge on any atom is -0.341 e. The van der Waals surface area contributed by atoms with Gasteiger partial charge < -0.3 is 4.90 Å². The maximum absolute atomic E-state index is 12.1. The molecule has 0 N–H and O–H groups in total. The highest BCUT2D eigenvalue weighted by Crippen LogP contribution is 2.18. The summed E-state index contributed by atoms with van der Waals surface area (Å²) < 4.78 is 0. The van der Waals surface area contributed by atoms with E-state index in [0.29, 0.717) is 12.3 Å². The molecule has 0 fully saturated rings. The van der Waals surface area contributed by atoms with E-state index in [2.05, 4.69) is 24.0 Å². The summed E-state index contributed by atoms with van der Waals surface area (Å²) in [5, 5.41) is 0. The fourth-order valence-corrected chi connectivity index (χ4v) is 2.58. The molecule has 0 aliphatic rings. The molecule has 1 heterocycles. The van der Waals surface area contributed by atoms with Crippen LogP contribution in [0.15, 0.2) is 53.7 Å². The van der Waals surface area contributed by atoms with Gasteiger partial charge in [0.05, 0.1) is 5.75 Å². The fraction of sp³-hybridized carbons (Fsp3) is 0.250. The molecule has 1 aromatic carbocycles. The summed E-state index contributed by atoms with van der Waals surface area (Å²) in [6, 6.07) is 12.1. The highest BCUT2D eigenvalue weighted by Gasteiger charge is 2.09. The summed E-state index contributed by atoms with van der Waals surface area (Å²) in [6.07, 6.45) is 3.52. The Morgan fingerprint density at radius 1 is 1.25 bits per heavy atom. The number of thioether (sulfide) groups is 1. The SMILES string of the molecule is Cc1ccc(SCC(=O)N(C)Cc2cccnc2)cc1. The molecule has 1 aromatic heterocycles. The second-order valence-corrected chi connectivity index (χ2v) is 5.76. The van der Waals surface area contributed by atoms with E-state index in [9.17, 15) is 4.79 Å². The lowest BCUT2D eigenvalue weighted by Gasteiger charge is -2.16. The number of amides is 1. The van der Waals surface area contributed by atoms with Crippen LogP contribution in [0, 0.1) is 6.92 Å². The number of pyridine rings is 1. The number of benzene rings is 1. The van der Waals surface area contributed by atoms with E-state index in [1.807, 2.05) is 31.3 Å². The lowest BCUT2D eigenvalue weighted by Crippen LogP contribution is -2.27. The molecule has 2 rings (SSSR count). The van der Waals surface area contributed by atoms with Crippen LogP contribution in [0.2, 0.25) is 0 Å². The first-order chi connectivity index (χ1) is 9.65. The summed E-state index contributed by atoms with van der Waals surface area (Å²) in [5.41, 5.74) is 2.28. The van der Waals surface area contributed by atoms with Gasteiger partial charge in [0.1, 0.15) is 0 Å². The molecule has 0 saturated heterocycles. The highest BCUT2D eigenvalue weighted by atomic mass is 32.2. The maximum Gasteiger partial charge on any atom is 0.232 e. The largest absolute Gasteiger partial charge is 0.341 e. The van der Waals surface area contributed by atoms with Gasteiger partial charge in [-0.2, -0.15) is 0 Å². The Bertz CT molecular complexity index is 554. The van der Waals surface area contributed by atoms with E-state index in [0.717, 1.165) is 10.5 Å². The van der Waals surface area contributed by atoms with Gasteiger partial charge in [-0.15, -0.1) is 11.8 Å². The number of carbonyl (C=O) groups is 1. The predicted octanol–water partition coefficient (Wildman–Crippen LogP) is 3.14. The Balaban J connectivity index is 1.83. The van der Waals surface area contributed by atoms with Crippen LogP contribution in [0.1, 0.15) is 11.1 Å². The standard InChI is InChI=1S/C16H18N2OS/c1-13-5-7-15(8-6-13)20-12-16(19)18(2)11-14-4-3-9-17-10-14/h3-10H,11-12H2,1-2H3. The zero-order chi connectivity index (χ0) is 14.4. The summed E-state index contributed by atoms with van der Waals surface area (Å²) >= 11 is 1.57. The van der Waals surface area contributed by atoms with Crippen molar-refractivity contribution in [3.05, 3.63) is 59.9 Å². The summed E-state index contributed by atoms with van der Waals surface area (Å²) in [4.78, 5) is 19.0. The molecular weight excluding hydrogens is 268 g/mol. The number of hydrogen-bond donors (Lipinski definition) is 0. The normalized spacial score (nSPS) is 10.3. The van der Waals surface area contributed by atoms with E-state index >= 15 is 0 Å². The van der Waals surface area contributed by atoms with Crippen molar-refractivity contribution in [2.24, 2.45) is 0 Å². The molecule has 20 heavy (non-hydrogen) atoms. The van der Waals surface area contributed by atoms with Crippen molar-refractivity contribution in [3.8, 4) is 0 Å². The van der Waals surface area contributed by atoms with Gasteiger partial charge in [-0.1, -0.05) is 23.8 Å². The number of hydrogen-bond acceptors (Lipinski definition) is 3. The summed E-state index contributed by atoms with van der Waals surface area (Å²) in [5.74, 6) is 0.583. The van der Waals surface area contributed by atoms with Crippen molar-refractivity contribution in [1.82, 2.24) is 9.88 Å². The molecule has 104 valence electrons. The van der Waals surface area contributed by atoms with Gasteiger partial charge >= 0.3 is 0 Å². The molecular formula is C16H18N2OS. The first-order valence-electron chi connectivity index (χ1n) is 6.47. The van der Waals surface area contributed by atoms with E-state index < -0.39 is 0 Å². The Labute approximate surface area is 124 Å². The van der Waals surface area contributed by atoms with Crippen molar-refractivity contribution in [2.45, 2.75) is 18.4 Å². The van der Waals surface area contributed by atoms with E-state index in [1.54, 1.807) is 29.1 Å². The number of carbonyl (C=O) groups excluding carboxylic acids is 1. The maximum atomic E-state index is 12.1. The van der Waals surface area contributed by atoms with Crippen molar-refractivity contribution >= 4 is 17.7 Å². The molecule has 0 radical (unpaired) electrons. The molecule has 4 heteroatoms. The molecule has 0 atom stereocenters. The second kappa shape index (κ2) is 7.10. The van der Waals surface area contributed by atoms with E-state index in [-0.39, 0.29) is 5.91 Å². The quantitative estimate of drug-likeness (QED) is 0.792. The van der Waals surface area contributed by atoms with Crippen LogP contribution in [-0.4, -0.2) is 28.6 Å². The molecule has 0 bridgehead atoms. The second-order valence-electron chi connectivity index (χ2n) is 4.71. The van der Waals surface area contributed by atoms with Crippen molar-refractivity contribution < 1.29 is 4.79 Å². The van der Waals surface area contributed by atoms with Crippen LogP contribution in [-0.2, 0) is 11.3 Å². The van der Waals surface area contributed by atoms with Crippen molar-refractivity contribution in [3.63, 3.8) is 0 Å². The predicted molar refractivity (Wildman–Crippen MR) is 82.6 cm³/mol. The number of nitrogens with zero attached hydrogens (tertiary/aromatic N) is 2. The summed E-state index contributed by atoms with van der Waals surface area (Å²) in [7, 11) is 1.82. The van der Waals surface area contributed by atoms with Gasteiger partial charge in [0.25, 0.3) is 0 Å². The van der Waals surface area contributed by atoms with E-state index in [4.69, 9.17) is 0 Å². The van der Waals surface area contributed by atoms with Crippen LogP contribution in [0.5, 0.6) is 0 Å². The average molecular weight is 286 g/mol. The first-order valence-corrected chi connectivity index (χ1v) is 7.46. The number of aryl methyl sites for hydroxylation is 1. The minimum atomic E-state index is 0.124. The summed E-state index contributed by atoms with van der Waals surface area (Å²) in [6.45, 7) is 2.66. The van der Waals surface area contributed by atoms with Gasteiger partial charge in [-0.25, -0.2) is 0 Å². The van der Waals surface area contributed by atoms with Crippen LogP contribution >= 0.6 is 11.8 Å². The highest BCUT2D eigenvalue weighted by molar-refractivity contribution is 8.00. The van der Waals surface area contributed by atoms with Gasteiger partial charge in [0.2, 0.25) is 5.91 Å². The lowest BCUT2D eigenvalue weighted by molar-refractivity contribution is -0.127. The third kappa shape index (κ3) is 4.38. The monoisotopic (exact) mass is 286 g/mol. The van der Waals surface area contributed by atoms with Gasteiger partial charge in [0.15, 0.2) is 0 Å². The number of aromatic nitrogens is 1. The molecule has 2 aromatic rings. The molecule has 0 aliphatic carbocycles. The molecule has 1 amide bonds. The average Bonchev–Trinajstić information content (AvgIpc) is 2.47. The van der Waals surface area contributed by atoms with Crippen LogP contribution in [0.4, 0.5) is 0 Å². The van der Waals surface area contributed by atoms with Crippen LogP contribution < -0.4 is 0 Å². The number of rotatable bonds is 5. The molecule has 0 unspecified atom stereocenters. The Morgan fingerprint density at radius 2 is 2.00 bits per heavy atom. The smallest absolute Gasteiger partial charge is 0.232 e. The minimum absolute atomic E-state index is 0.124.